The Morgan fingerprint density at radius 3 is 2.67 bits per heavy atom. The number of hydrogen-bond donors (Lipinski definition) is 1. The number of aliphatic hydroxyl groups excluding tert-OH is 1. The van der Waals surface area contributed by atoms with E-state index in [2.05, 4.69) is 26.0 Å². The van der Waals surface area contributed by atoms with Crippen molar-refractivity contribution in [2.24, 2.45) is 34.5 Å². The van der Waals surface area contributed by atoms with Crippen LogP contribution in [0.5, 0.6) is 0 Å². The lowest BCUT2D eigenvalue weighted by Gasteiger charge is -2.58. The molecule has 0 aromatic rings. The summed E-state index contributed by atoms with van der Waals surface area (Å²) >= 11 is 0. The van der Waals surface area contributed by atoms with Crippen molar-refractivity contribution in [3.63, 3.8) is 0 Å². The Balaban J connectivity index is 1.72. The van der Waals surface area contributed by atoms with Crippen molar-refractivity contribution in [2.45, 2.75) is 64.9 Å². The highest BCUT2D eigenvalue weighted by atomic mass is 16.3. The molecule has 0 aromatic heterocycles. The molecule has 4 rings (SSSR count). The van der Waals surface area contributed by atoms with E-state index in [1.807, 2.05) is 0 Å². The van der Waals surface area contributed by atoms with Gasteiger partial charge in [-0.05, 0) is 67.1 Å². The molecule has 21 heavy (non-hydrogen) atoms. The number of aliphatic hydroxyl groups is 1. The minimum Gasteiger partial charge on any atom is -0.393 e. The quantitative estimate of drug-likeness (QED) is 0.690. The number of Topliss-reactive ketones (excluding diaryl/α,β-unsaturated/α-hetero) is 1. The van der Waals surface area contributed by atoms with E-state index in [-0.39, 0.29) is 22.9 Å². The van der Waals surface area contributed by atoms with Gasteiger partial charge in [-0.15, -0.1) is 0 Å². The van der Waals surface area contributed by atoms with Crippen LogP contribution in [0.1, 0.15) is 58.8 Å². The monoisotopic (exact) mass is 288 g/mol. The molecule has 0 aliphatic heterocycles. The van der Waals surface area contributed by atoms with Gasteiger partial charge in [-0.2, -0.15) is 0 Å². The average Bonchev–Trinajstić information content (AvgIpc) is 2.75. The zero-order valence-corrected chi connectivity index (χ0v) is 13.3. The van der Waals surface area contributed by atoms with Crippen molar-refractivity contribution in [3.8, 4) is 0 Å². The van der Waals surface area contributed by atoms with Crippen molar-refractivity contribution < 1.29 is 9.90 Å². The molecule has 7 atom stereocenters. The molecule has 4 aliphatic carbocycles. The molecule has 0 bridgehead atoms. The van der Waals surface area contributed by atoms with Crippen LogP contribution in [0, 0.1) is 34.5 Å². The molecule has 3 saturated carbocycles. The van der Waals surface area contributed by atoms with Crippen LogP contribution in [0.25, 0.3) is 0 Å². The van der Waals surface area contributed by atoms with E-state index in [1.54, 1.807) is 0 Å². The maximum absolute atomic E-state index is 12.8. The first-order valence-corrected chi connectivity index (χ1v) is 8.82. The van der Waals surface area contributed by atoms with Crippen molar-refractivity contribution in [2.75, 3.05) is 0 Å². The molecule has 0 aromatic carbocycles. The van der Waals surface area contributed by atoms with E-state index in [4.69, 9.17) is 0 Å². The summed E-state index contributed by atoms with van der Waals surface area (Å²) < 4.78 is 0. The van der Waals surface area contributed by atoms with Crippen molar-refractivity contribution >= 4 is 5.78 Å². The maximum atomic E-state index is 12.8. The molecule has 0 heterocycles. The fraction of sp³-hybridized carbons (Fsp3) is 0.842. The summed E-state index contributed by atoms with van der Waals surface area (Å²) in [6.45, 7) is 4.66. The van der Waals surface area contributed by atoms with Crippen molar-refractivity contribution in [1.29, 1.82) is 0 Å². The van der Waals surface area contributed by atoms with Crippen LogP contribution < -0.4 is 0 Å². The van der Waals surface area contributed by atoms with Gasteiger partial charge in [0.05, 0.1) is 6.10 Å². The highest BCUT2D eigenvalue weighted by Crippen LogP contribution is 2.64. The summed E-state index contributed by atoms with van der Waals surface area (Å²) in [5.74, 6) is 2.56. The topological polar surface area (TPSA) is 37.3 Å². The third-order valence-electron chi connectivity index (χ3n) is 7.95. The highest BCUT2D eigenvalue weighted by molar-refractivity contribution is 5.83. The number of fused-ring (bicyclic) bond motifs is 5. The molecular formula is C19H28O2. The third kappa shape index (κ3) is 1.72. The van der Waals surface area contributed by atoms with Crippen LogP contribution in [0.3, 0.4) is 0 Å². The van der Waals surface area contributed by atoms with Gasteiger partial charge in [0.1, 0.15) is 5.78 Å². The second kappa shape index (κ2) is 4.44. The van der Waals surface area contributed by atoms with Gasteiger partial charge >= 0.3 is 0 Å². The standard InChI is InChI=1S/C19H28O2/c1-18-9-4-3-5-15(18)16(20)11-12-13-6-7-17(21)19(13,2)10-8-14(12)18/h3-4,12-15,17,21H,5-11H2,1-2H3/t12-,13-,14-,15+,17-,18+,19-/m0/s1. The molecule has 2 nitrogen and oxygen atoms in total. The summed E-state index contributed by atoms with van der Waals surface area (Å²) in [6.07, 6.45) is 11.6. The molecule has 1 N–H and O–H groups in total. The second-order valence-electron chi connectivity index (χ2n) is 8.65. The Kier molecular flexibility index (Phi) is 2.96. The third-order valence-corrected chi connectivity index (χ3v) is 7.95. The van der Waals surface area contributed by atoms with Gasteiger partial charge in [-0.1, -0.05) is 26.0 Å². The van der Waals surface area contributed by atoms with Crippen LogP contribution in [0.4, 0.5) is 0 Å². The summed E-state index contributed by atoms with van der Waals surface area (Å²) in [5.41, 5.74) is 0.263. The summed E-state index contributed by atoms with van der Waals surface area (Å²) in [7, 11) is 0. The van der Waals surface area contributed by atoms with Gasteiger partial charge in [-0.25, -0.2) is 0 Å². The minimum atomic E-state index is -0.143. The Morgan fingerprint density at radius 2 is 1.86 bits per heavy atom. The van der Waals surface area contributed by atoms with Crippen LogP contribution >= 0.6 is 0 Å². The number of allylic oxidation sites excluding steroid dienone is 2. The predicted octanol–water partition coefficient (Wildman–Crippen LogP) is 3.74. The molecule has 0 saturated heterocycles. The van der Waals surface area contributed by atoms with Gasteiger partial charge in [-0.3, -0.25) is 4.79 Å². The predicted molar refractivity (Wildman–Crippen MR) is 82.6 cm³/mol. The van der Waals surface area contributed by atoms with E-state index >= 15 is 0 Å². The lowest BCUT2D eigenvalue weighted by atomic mass is 9.45. The summed E-state index contributed by atoms with van der Waals surface area (Å²) in [5, 5.41) is 10.4. The van der Waals surface area contributed by atoms with Crippen molar-refractivity contribution in [1.82, 2.24) is 0 Å². The van der Waals surface area contributed by atoms with Gasteiger partial charge in [0, 0.05) is 12.3 Å². The Labute approximate surface area is 128 Å². The SMILES string of the molecule is C[C@]12CC=CC[C@@H]1C(=O)C[C@@H]1[C@@H]2CC[C@]2(C)[C@@H](O)CC[C@@H]12. The first-order chi connectivity index (χ1) is 9.97. The first kappa shape index (κ1) is 14.0. The van der Waals surface area contributed by atoms with Gasteiger partial charge in [0.15, 0.2) is 0 Å². The lowest BCUT2D eigenvalue weighted by molar-refractivity contribution is -0.150. The van der Waals surface area contributed by atoms with Crippen LogP contribution in [-0.2, 0) is 4.79 Å². The van der Waals surface area contributed by atoms with Gasteiger partial charge < -0.3 is 5.11 Å². The molecule has 0 amide bonds. The van der Waals surface area contributed by atoms with Crippen LogP contribution in [0.15, 0.2) is 12.2 Å². The molecular weight excluding hydrogens is 260 g/mol. The molecule has 0 unspecified atom stereocenters. The molecule has 0 radical (unpaired) electrons. The first-order valence-electron chi connectivity index (χ1n) is 8.82. The van der Waals surface area contributed by atoms with E-state index in [0.29, 0.717) is 23.5 Å². The van der Waals surface area contributed by atoms with Crippen molar-refractivity contribution in [3.05, 3.63) is 12.2 Å². The van der Waals surface area contributed by atoms with Crippen LogP contribution in [0.2, 0.25) is 0 Å². The number of rotatable bonds is 0. The Hall–Kier alpha value is -0.630. The molecule has 2 heteroatoms. The normalized spacial score (nSPS) is 55.8. The van der Waals surface area contributed by atoms with Gasteiger partial charge in [0.25, 0.3) is 0 Å². The Morgan fingerprint density at radius 1 is 1.10 bits per heavy atom. The zero-order chi connectivity index (χ0) is 14.8. The largest absolute Gasteiger partial charge is 0.393 e. The molecule has 116 valence electrons. The highest BCUT2D eigenvalue weighted by Gasteiger charge is 2.61. The maximum Gasteiger partial charge on any atom is 0.137 e. The van der Waals surface area contributed by atoms with E-state index in [1.165, 1.54) is 6.42 Å². The summed E-state index contributed by atoms with van der Waals surface area (Å²) in [4.78, 5) is 12.8. The summed E-state index contributed by atoms with van der Waals surface area (Å²) in [6, 6.07) is 0. The van der Waals surface area contributed by atoms with E-state index in [0.717, 1.165) is 38.5 Å². The average molecular weight is 288 g/mol. The smallest absolute Gasteiger partial charge is 0.137 e. The zero-order valence-electron chi connectivity index (χ0n) is 13.3. The Bertz CT molecular complexity index is 496. The number of carbonyl (C=O) groups excluding carboxylic acids is 1. The number of hydrogen-bond acceptors (Lipinski definition) is 2. The van der Waals surface area contributed by atoms with Crippen LogP contribution in [-0.4, -0.2) is 17.0 Å². The fourth-order valence-corrected chi connectivity index (χ4v) is 6.63. The fourth-order valence-electron chi connectivity index (χ4n) is 6.63. The molecule has 3 fully saturated rings. The number of carbonyl (C=O) groups is 1. The lowest BCUT2D eigenvalue weighted by Crippen LogP contribution is -2.55. The number of ketones is 1. The molecule has 4 aliphatic rings. The molecule has 0 spiro atoms. The second-order valence-corrected chi connectivity index (χ2v) is 8.65. The van der Waals surface area contributed by atoms with Gasteiger partial charge in [0.2, 0.25) is 0 Å². The minimum absolute atomic E-state index is 0.0785. The van der Waals surface area contributed by atoms with E-state index in [9.17, 15) is 9.90 Å². The van der Waals surface area contributed by atoms with E-state index < -0.39 is 0 Å².